The Hall–Kier alpha value is -4.21. The average Bonchev–Trinajstić information content (AvgIpc) is 2.83. The monoisotopic (exact) mass is 447 g/mol. The molecule has 1 aromatic carbocycles. The molecule has 0 fully saturated rings. The largest absolute Gasteiger partial charge is 0.480 e. The van der Waals surface area contributed by atoms with E-state index in [4.69, 9.17) is 10.5 Å². The summed E-state index contributed by atoms with van der Waals surface area (Å²) < 4.78 is 20.1. The zero-order chi connectivity index (χ0) is 23.5. The van der Waals surface area contributed by atoms with E-state index in [0.717, 1.165) is 5.56 Å². The van der Waals surface area contributed by atoms with Crippen molar-refractivity contribution in [1.29, 1.82) is 0 Å². The van der Waals surface area contributed by atoms with E-state index < -0.39 is 17.8 Å². The van der Waals surface area contributed by atoms with Crippen LogP contribution in [0.25, 0.3) is 10.9 Å². The van der Waals surface area contributed by atoms with Crippen LogP contribution in [0.5, 0.6) is 5.88 Å². The molecule has 1 amide bonds. The number of aryl methyl sites for hydroxylation is 1. The zero-order valence-corrected chi connectivity index (χ0v) is 18.4. The van der Waals surface area contributed by atoms with Crippen molar-refractivity contribution in [2.75, 3.05) is 12.8 Å². The van der Waals surface area contributed by atoms with Crippen LogP contribution in [0.1, 0.15) is 40.4 Å². The van der Waals surface area contributed by atoms with Crippen LogP contribution in [0, 0.1) is 12.7 Å². The van der Waals surface area contributed by atoms with Crippen LogP contribution in [0.2, 0.25) is 0 Å². The predicted molar refractivity (Wildman–Crippen MR) is 120 cm³/mol. The lowest BCUT2D eigenvalue weighted by Crippen LogP contribution is -2.35. The fraction of sp³-hybridized carbons (Fsp3) is 0.217. The van der Waals surface area contributed by atoms with Crippen LogP contribution in [-0.2, 0) is 6.54 Å². The van der Waals surface area contributed by atoms with Gasteiger partial charge < -0.3 is 15.4 Å². The summed E-state index contributed by atoms with van der Waals surface area (Å²) in [6.45, 7) is 3.64. The summed E-state index contributed by atoms with van der Waals surface area (Å²) in [5, 5.41) is 8.67. The van der Waals surface area contributed by atoms with Gasteiger partial charge in [0.05, 0.1) is 36.5 Å². The summed E-state index contributed by atoms with van der Waals surface area (Å²) in [6.07, 6.45) is 3.17. The van der Waals surface area contributed by atoms with Gasteiger partial charge in [0.25, 0.3) is 5.91 Å². The number of hydrogen-bond donors (Lipinski definition) is 1. The van der Waals surface area contributed by atoms with Gasteiger partial charge in [0.15, 0.2) is 0 Å². The second-order valence-electron chi connectivity index (χ2n) is 7.50. The molecular formula is C23H22FN7O2. The maximum absolute atomic E-state index is 15.1. The molecular weight excluding hydrogens is 425 g/mol. The van der Waals surface area contributed by atoms with Crippen LogP contribution in [0.15, 0.2) is 48.8 Å². The van der Waals surface area contributed by atoms with E-state index in [1.54, 1.807) is 50.5 Å². The molecule has 33 heavy (non-hydrogen) atoms. The van der Waals surface area contributed by atoms with Crippen molar-refractivity contribution >= 4 is 22.6 Å². The third kappa shape index (κ3) is 4.54. The number of fused-ring (bicyclic) bond motifs is 1. The summed E-state index contributed by atoms with van der Waals surface area (Å²) in [7, 11) is 1.49. The number of benzene rings is 1. The number of ether oxygens (including phenoxy) is 1. The van der Waals surface area contributed by atoms with Gasteiger partial charge in [-0.15, -0.1) is 5.10 Å². The third-order valence-corrected chi connectivity index (χ3v) is 5.29. The SMILES string of the molecule is COc1ccc(CN(C(=O)c2cc3cc(C)c(N)nc3cc2F)[C@H](C)c2ncccn2)nn1. The number of amides is 1. The highest BCUT2D eigenvalue weighted by Crippen LogP contribution is 2.26. The molecule has 0 bridgehead atoms. The van der Waals surface area contributed by atoms with Gasteiger partial charge in [0.1, 0.15) is 17.5 Å². The van der Waals surface area contributed by atoms with Crippen LogP contribution in [-0.4, -0.2) is 43.1 Å². The lowest BCUT2D eigenvalue weighted by atomic mass is 10.1. The molecule has 168 valence electrons. The second kappa shape index (κ2) is 9.11. The Kier molecular flexibility index (Phi) is 6.07. The van der Waals surface area contributed by atoms with E-state index in [2.05, 4.69) is 25.1 Å². The molecule has 4 rings (SSSR count). The molecule has 0 spiro atoms. The molecule has 10 heteroatoms. The molecule has 0 aliphatic carbocycles. The summed E-state index contributed by atoms with van der Waals surface area (Å²) in [6, 6.07) is 8.93. The van der Waals surface area contributed by atoms with Gasteiger partial charge >= 0.3 is 0 Å². The number of nitrogens with zero attached hydrogens (tertiary/aromatic N) is 6. The van der Waals surface area contributed by atoms with Gasteiger partial charge in [-0.05, 0) is 43.7 Å². The minimum atomic E-state index is -0.699. The molecule has 0 unspecified atom stereocenters. The van der Waals surface area contributed by atoms with Gasteiger partial charge in [-0.3, -0.25) is 4.79 Å². The molecule has 9 nitrogen and oxygen atoms in total. The number of anilines is 1. The van der Waals surface area contributed by atoms with E-state index in [0.29, 0.717) is 34.1 Å². The Bertz CT molecular complexity index is 1300. The lowest BCUT2D eigenvalue weighted by molar-refractivity contribution is 0.0658. The molecule has 2 N–H and O–H groups in total. The van der Waals surface area contributed by atoms with Crippen LogP contribution in [0.3, 0.4) is 0 Å². The van der Waals surface area contributed by atoms with Crippen molar-refractivity contribution in [2.45, 2.75) is 26.4 Å². The Balaban J connectivity index is 1.76. The molecule has 3 aromatic heterocycles. The average molecular weight is 447 g/mol. The molecule has 4 aromatic rings. The van der Waals surface area contributed by atoms with Crippen LogP contribution in [0.4, 0.5) is 10.2 Å². The Morgan fingerprint density at radius 1 is 1.18 bits per heavy atom. The molecule has 1 atom stereocenters. The number of hydrogen-bond acceptors (Lipinski definition) is 8. The number of carbonyl (C=O) groups is 1. The summed E-state index contributed by atoms with van der Waals surface area (Å²) in [5.74, 6) is -0.162. The smallest absolute Gasteiger partial charge is 0.257 e. The molecule has 3 heterocycles. The lowest BCUT2D eigenvalue weighted by Gasteiger charge is -2.28. The van der Waals surface area contributed by atoms with Gasteiger partial charge in [0.2, 0.25) is 5.88 Å². The van der Waals surface area contributed by atoms with Crippen molar-refractivity contribution in [3.8, 4) is 5.88 Å². The van der Waals surface area contributed by atoms with Gasteiger partial charge in [-0.25, -0.2) is 19.3 Å². The van der Waals surface area contributed by atoms with E-state index >= 15 is 4.39 Å². The normalized spacial score (nSPS) is 11.9. The molecule has 0 aliphatic rings. The van der Waals surface area contributed by atoms with Crippen molar-refractivity contribution in [3.05, 3.63) is 77.3 Å². The van der Waals surface area contributed by atoms with Crippen molar-refractivity contribution in [1.82, 2.24) is 30.0 Å². The van der Waals surface area contributed by atoms with Crippen LogP contribution < -0.4 is 10.5 Å². The Morgan fingerprint density at radius 2 is 1.94 bits per heavy atom. The fourth-order valence-electron chi connectivity index (χ4n) is 3.40. The highest BCUT2D eigenvalue weighted by atomic mass is 19.1. The first-order chi connectivity index (χ1) is 15.9. The van der Waals surface area contributed by atoms with Gasteiger partial charge in [-0.2, -0.15) is 5.10 Å². The standard InChI is InChI=1S/C23H22FN7O2/c1-13-9-15-10-17(18(24)11-19(15)28-21(13)25)23(32)31(14(2)22-26-7-4-8-27-22)12-16-5-6-20(33-3)30-29-16/h4-11,14H,12H2,1-3H3,(H2,25,28)/t14-/m1/s1. The van der Waals surface area contributed by atoms with Crippen molar-refractivity contribution in [3.63, 3.8) is 0 Å². The number of aromatic nitrogens is 5. The quantitative estimate of drug-likeness (QED) is 0.478. The van der Waals surface area contributed by atoms with E-state index in [9.17, 15) is 4.79 Å². The number of methoxy groups -OCH3 is 1. The van der Waals surface area contributed by atoms with Gasteiger partial charge in [0, 0.05) is 29.9 Å². The van der Waals surface area contributed by atoms with Gasteiger partial charge in [-0.1, -0.05) is 0 Å². The predicted octanol–water partition coefficient (Wildman–Crippen LogP) is 3.26. The van der Waals surface area contributed by atoms with E-state index in [1.165, 1.54) is 24.1 Å². The Labute approximate surface area is 189 Å². The van der Waals surface area contributed by atoms with E-state index in [1.807, 2.05) is 0 Å². The molecule has 0 aliphatic heterocycles. The molecule has 0 saturated heterocycles. The zero-order valence-electron chi connectivity index (χ0n) is 18.4. The maximum Gasteiger partial charge on any atom is 0.257 e. The Morgan fingerprint density at radius 3 is 2.61 bits per heavy atom. The van der Waals surface area contributed by atoms with E-state index in [-0.39, 0.29) is 12.1 Å². The number of rotatable bonds is 6. The third-order valence-electron chi connectivity index (χ3n) is 5.29. The summed E-state index contributed by atoms with van der Waals surface area (Å²) in [5.41, 5.74) is 7.36. The summed E-state index contributed by atoms with van der Waals surface area (Å²) >= 11 is 0. The molecule has 0 radical (unpaired) electrons. The highest BCUT2D eigenvalue weighted by molar-refractivity contribution is 5.98. The minimum absolute atomic E-state index is 0.0613. The molecule has 0 saturated carbocycles. The first-order valence-electron chi connectivity index (χ1n) is 10.2. The number of pyridine rings is 1. The first-order valence-corrected chi connectivity index (χ1v) is 10.2. The maximum atomic E-state index is 15.1. The van der Waals surface area contributed by atoms with Crippen molar-refractivity contribution in [2.24, 2.45) is 0 Å². The van der Waals surface area contributed by atoms with Crippen LogP contribution >= 0.6 is 0 Å². The second-order valence-corrected chi connectivity index (χ2v) is 7.50. The number of nitrogen functional groups attached to an aromatic ring is 1. The number of halogens is 1. The number of carbonyl (C=O) groups excluding carboxylic acids is 1. The first kappa shape index (κ1) is 22.0. The fourth-order valence-corrected chi connectivity index (χ4v) is 3.40. The summed E-state index contributed by atoms with van der Waals surface area (Å²) in [4.78, 5) is 27.8. The van der Waals surface area contributed by atoms with Crippen molar-refractivity contribution < 1.29 is 13.9 Å². The minimum Gasteiger partial charge on any atom is -0.480 e. The highest BCUT2D eigenvalue weighted by Gasteiger charge is 2.28. The number of nitrogens with two attached hydrogens (primary N) is 1. The topological polar surface area (TPSA) is 120 Å².